The van der Waals surface area contributed by atoms with Gasteiger partial charge in [-0.2, -0.15) is 0 Å². The molecule has 1 unspecified atom stereocenters. The Labute approximate surface area is 102 Å². The summed E-state index contributed by atoms with van der Waals surface area (Å²) in [4.78, 5) is 0. The first-order chi connectivity index (χ1) is 7.65. The molecule has 0 aromatic rings. The highest BCUT2D eigenvalue weighted by Gasteiger charge is 2.30. The number of hydrogen-bond acceptors (Lipinski definition) is 1. The summed E-state index contributed by atoms with van der Waals surface area (Å²) < 4.78 is 0. The summed E-state index contributed by atoms with van der Waals surface area (Å²) in [6, 6.07) is 0.860. The monoisotopic (exact) mass is 225 g/mol. The van der Waals surface area contributed by atoms with Crippen molar-refractivity contribution in [1.82, 2.24) is 5.32 Å². The molecule has 0 heterocycles. The second kappa shape index (κ2) is 6.64. The molecule has 96 valence electrons. The molecule has 1 nitrogen and oxygen atoms in total. The predicted octanol–water partition coefficient (Wildman–Crippen LogP) is 4.37. The molecule has 1 aliphatic rings. The fraction of sp³-hybridized carbons (Fsp3) is 1.00. The molecule has 0 aromatic carbocycles. The summed E-state index contributed by atoms with van der Waals surface area (Å²) in [6.45, 7) is 10.7. The second-order valence-corrected chi connectivity index (χ2v) is 5.96. The lowest BCUT2D eigenvalue weighted by Crippen LogP contribution is -2.36. The largest absolute Gasteiger partial charge is 0.313 e. The predicted molar refractivity (Wildman–Crippen MR) is 72.7 cm³/mol. The lowest BCUT2D eigenvalue weighted by Gasteiger charge is -2.35. The standard InChI is InChI=1S/C15H31N/c1-5-8-13(4)11-15(6-2,7-3)12-16-14-9-10-14/h13-14,16H,5-12H2,1-4H3. The Balaban J connectivity index is 2.40. The van der Waals surface area contributed by atoms with E-state index >= 15 is 0 Å². The molecule has 1 aliphatic carbocycles. The molecule has 0 aliphatic heterocycles. The highest BCUT2D eigenvalue weighted by molar-refractivity contribution is 4.87. The van der Waals surface area contributed by atoms with Gasteiger partial charge in [-0.05, 0) is 43.4 Å². The quantitative estimate of drug-likeness (QED) is 0.614. The van der Waals surface area contributed by atoms with Crippen molar-refractivity contribution in [2.45, 2.75) is 78.7 Å². The number of hydrogen-bond donors (Lipinski definition) is 1. The van der Waals surface area contributed by atoms with E-state index in [2.05, 4.69) is 33.0 Å². The van der Waals surface area contributed by atoms with Crippen LogP contribution in [0.4, 0.5) is 0 Å². The van der Waals surface area contributed by atoms with E-state index < -0.39 is 0 Å². The highest BCUT2D eigenvalue weighted by Crippen LogP contribution is 2.35. The van der Waals surface area contributed by atoms with Crippen LogP contribution in [0.25, 0.3) is 0 Å². The molecular formula is C15H31N. The van der Waals surface area contributed by atoms with Crippen LogP contribution in [0.2, 0.25) is 0 Å². The molecule has 1 atom stereocenters. The first kappa shape index (κ1) is 14.0. The van der Waals surface area contributed by atoms with Gasteiger partial charge < -0.3 is 5.32 Å². The third-order valence-corrected chi connectivity index (χ3v) is 4.41. The van der Waals surface area contributed by atoms with Crippen molar-refractivity contribution in [3.05, 3.63) is 0 Å². The van der Waals surface area contributed by atoms with Crippen LogP contribution in [0.15, 0.2) is 0 Å². The molecule has 0 amide bonds. The average molecular weight is 225 g/mol. The molecule has 16 heavy (non-hydrogen) atoms. The van der Waals surface area contributed by atoms with Crippen molar-refractivity contribution in [3.8, 4) is 0 Å². The topological polar surface area (TPSA) is 12.0 Å². The van der Waals surface area contributed by atoms with Gasteiger partial charge in [0.05, 0.1) is 0 Å². The van der Waals surface area contributed by atoms with Gasteiger partial charge in [0.15, 0.2) is 0 Å². The molecule has 1 heteroatoms. The molecule has 0 aromatic heterocycles. The minimum absolute atomic E-state index is 0.567. The first-order valence-electron chi connectivity index (χ1n) is 7.39. The summed E-state index contributed by atoms with van der Waals surface area (Å²) in [6.07, 6.45) is 9.62. The van der Waals surface area contributed by atoms with Crippen LogP contribution in [-0.2, 0) is 0 Å². The normalized spacial score (nSPS) is 18.8. The Morgan fingerprint density at radius 3 is 2.25 bits per heavy atom. The average Bonchev–Trinajstić information content (AvgIpc) is 3.08. The van der Waals surface area contributed by atoms with Crippen LogP contribution in [0.5, 0.6) is 0 Å². The van der Waals surface area contributed by atoms with Crippen LogP contribution in [-0.4, -0.2) is 12.6 Å². The maximum atomic E-state index is 3.75. The molecule has 1 rings (SSSR count). The first-order valence-corrected chi connectivity index (χ1v) is 7.39. The maximum absolute atomic E-state index is 3.75. The molecule has 0 bridgehead atoms. The maximum Gasteiger partial charge on any atom is 0.00684 e. The molecule has 0 radical (unpaired) electrons. The zero-order chi connectivity index (χ0) is 12.0. The van der Waals surface area contributed by atoms with E-state index in [0.29, 0.717) is 5.41 Å². The second-order valence-electron chi connectivity index (χ2n) is 5.96. The fourth-order valence-corrected chi connectivity index (χ4v) is 2.84. The van der Waals surface area contributed by atoms with E-state index in [1.165, 1.54) is 51.5 Å². The Kier molecular flexibility index (Phi) is 5.82. The lowest BCUT2D eigenvalue weighted by molar-refractivity contribution is 0.187. The van der Waals surface area contributed by atoms with Crippen LogP contribution in [0.3, 0.4) is 0 Å². The minimum Gasteiger partial charge on any atom is -0.313 e. The summed E-state index contributed by atoms with van der Waals surface area (Å²) in [5, 5.41) is 3.75. The summed E-state index contributed by atoms with van der Waals surface area (Å²) in [7, 11) is 0. The van der Waals surface area contributed by atoms with Crippen molar-refractivity contribution in [1.29, 1.82) is 0 Å². The van der Waals surface area contributed by atoms with Gasteiger partial charge in [0, 0.05) is 12.6 Å². The van der Waals surface area contributed by atoms with Gasteiger partial charge in [-0.1, -0.05) is 40.5 Å². The van der Waals surface area contributed by atoms with Gasteiger partial charge in [-0.3, -0.25) is 0 Å². The van der Waals surface area contributed by atoms with E-state index in [1.807, 2.05) is 0 Å². The van der Waals surface area contributed by atoms with Crippen LogP contribution < -0.4 is 5.32 Å². The molecule has 1 N–H and O–H groups in total. The van der Waals surface area contributed by atoms with Crippen LogP contribution in [0, 0.1) is 11.3 Å². The van der Waals surface area contributed by atoms with Crippen LogP contribution in [0.1, 0.15) is 72.6 Å². The van der Waals surface area contributed by atoms with E-state index in [1.54, 1.807) is 0 Å². The smallest absolute Gasteiger partial charge is 0.00684 e. The van der Waals surface area contributed by atoms with Crippen molar-refractivity contribution in [2.24, 2.45) is 11.3 Å². The summed E-state index contributed by atoms with van der Waals surface area (Å²) >= 11 is 0. The molecule has 1 fully saturated rings. The van der Waals surface area contributed by atoms with E-state index in [9.17, 15) is 0 Å². The van der Waals surface area contributed by atoms with Crippen LogP contribution >= 0.6 is 0 Å². The molecule has 0 spiro atoms. The Hall–Kier alpha value is -0.0400. The lowest BCUT2D eigenvalue weighted by atomic mass is 9.74. The summed E-state index contributed by atoms with van der Waals surface area (Å²) in [5.74, 6) is 0.894. The number of nitrogens with one attached hydrogen (secondary N) is 1. The van der Waals surface area contributed by atoms with Crippen molar-refractivity contribution in [2.75, 3.05) is 6.54 Å². The zero-order valence-corrected chi connectivity index (χ0v) is 11.8. The Morgan fingerprint density at radius 1 is 1.19 bits per heavy atom. The fourth-order valence-electron chi connectivity index (χ4n) is 2.84. The van der Waals surface area contributed by atoms with Crippen molar-refractivity contribution >= 4 is 0 Å². The van der Waals surface area contributed by atoms with Gasteiger partial charge in [-0.15, -0.1) is 0 Å². The zero-order valence-electron chi connectivity index (χ0n) is 11.8. The van der Waals surface area contributed by atoms with Gasteiger partial charge in [-0.25, -0.2) is 0 Å². The Bertz CT molecular complexity index is 180. The highest BCUT2D eigenvalue weighted by atomic mass is 15.0. The van der Waals surface area contributed by atoms with Gasteiger partial charge in [0.2, 0.25) is 0 Å². The van der Waals surface area contributed by atoms with Gasteiger partial charge in [0.1, 0.15) is 0 Å². The van der Waals surface area contributed by atoms with Crippen molar-refractivity contribution < 1.29 is 0 Å². The third kappa shape index (κ3) is 4.45. The van der Waals surface area contributed by atoms with E-state index in [0.717, 1.165) is 12.0 Å². The Morgan fingerprint density at radius 2 is 1.81 bits per heavy atom. The number of rotatable bonds is 9. The molecule has 0 saturated heterocycles. The third-order valence-electron chi connectivity index (χ3n) is 4.41. The van der Waals surface area contributed by atoms with Crippen molar-refractivity contribution in [3.63, 3.8) is 0 Å². The summed E-state index contributed by atoms with van der Waals surface area (Å²) in [5.41, 5.74) is 0.567. The molecule has 1 saturated carbocycles. The molecular weight excluding hydrogens is 194 g/mol. The van der Waals surface area contributed by atoms with E-state index in [4.69, 9.17) is 0 Å². The van der Waals surface area contributed by atoms with Gasteiger partial charge >= 0.3 is 0 Å². The van der Waals surface area contributed by atoms with E-state index in [-0.39, 0.29) is 0 Å². The minimum atomic E-state index is 0.567. The SMILES string of the molecule is CCCC(C)CC(CC)(CC)CNC1CC1. The van der Waals surface area contributed by atoms with Gasteiger partial charge in [0.25, 0.3) is 0 Å².